The number of hydrogen-bond acceptors (Lipinski definition) is 4. The number of carbonyl (C=O) groups excluding carboxylic acids is 1. The first-order chi connectivity index (χ1) is 9.80. The number of benzene rings is 1. The van der Waals surface area contributed by atoms with Gasteiger partial charge in [-0.3, -0.25) is 4.79 Å². The number of unbranched alkanes of at least 4 members (excludes halogenated alkanes) is 2. The Morgan fingerprint density at radius 2 is 2.00 bits per heavy atom. The van der Waals surface area contributed by atoms with Gasteiger partial charge in [0.05, 0.1) is 4.90 Å². The Labute approximate surface area is 126 Å². The van der Waals surface area contributed by atoms with Crippen LogP contribution >= 0.6 is 0 Å². The molecule has 0 radical (unpaired) electrons. The topological polar surface area (TPSA) is 89.3 Å². The molecule has 1 amide bonds. The van der Waals surface area contributed by atoms with Gasteiger partial charge in [0, 0.05) is 12.2 Å². The van der Waals surface area contributed by atoms with Crippen molar-refractivity contribution in [1.29, 1.82) is 0 Å². The summed E-state index contributed by atoms with van der Waals surface area (Å²) in [5.74, 6) is -0.465. The summed E-state index contributed by atoms with van der Waals surface area (Å²) in [5, 5.41) is 1.55. The first-order valence-electron chi connectivity index (χ1n) is 7.18. The molecule has 1 atom stereocenters. The zero-order valence-corrected chi connectivity index (χ0v) is 13.7. The SMILES string of the molecule is CCCCCNC(=O)C(C)S(=O)(=O)c1cc(N)ccc1C. The second-order valence-corrected chi connectivity index (χ2v) is 7.45. The molecule has 0 spiro atoms. The summed E-state index contributed by atoms with van der Waals surface area (Å²) in [5.41, 5.74) is 6.61. The van der Waals surface area contributed by atoms with Crippen LogP contribution in [0, 0.1) is 6.92 Å². The van der Waals surface area contributed by atoms with Gasteiger partial charge in [0.1, 0.15) is 5.25 Å². The number of hydrogen-bond donors (Lipinski definition) is 2. The van der Waals surface area contributed by atoms with Crippen LogP contribution in [0.15, 0.2) is 23.1 Å². The molecule has 0 heterocycles. The van der Waals surface area contributed by atoms with Crippen LogP contribution in [0.4, 0.5) is 5.69 Å². The van der Waals surface area contributed by atoms with E-state index in [1.165, 1.54) is 13.0 Å². The van der Waals surface area contributed by atoms with Gasteiger partial charge in [0.25, 0.3) is 0 Å². The van der Waals surface area contributed by atoms with E-state index in [2.05, 4.69) is 12.2 Å². The van der Waals surface area contributed by atoms with Crippen molar-refractivity contribution in [3.63, 3.8) is 0 Å². The van der Waals surface area contributed by atoms with Gasteiger partial charge >= 0.3 is 0 Å². The number of rotatable bonds is 7. The van der Waals surface area contributed by atoms with E-state index in [0.717, 1.165) is 19.3 Å². The molecule has 6 heteroatoms. The van der Waals surface area contributed by atoms with Crippen molar-refractivity contribution in [3.05, 3.63) is 23.8 Å². The quantitative estimate of drug-likeness (QED) is 0.595. The minimum absolute atomic E-state index is 0.124. The third-order valence-corrected chi connectivity index (χ3v) is 5.63. The van der Waals surface area contributed by atoms with Crippen molar-refractivity contribution in [3.8, 4) is 0 Å². The average Bonchev–Trinajstić information content (AvgIpc) is 2.45. The monoisotopic (exact) mass is 312 g/mol. The molecule has 5 nitrogen and oxygen atoms in total. The zero-order chi connectivity index (χ0) is 16.0. The van der Waals surface area contributed by atoms with Crippen molar-refractivity contribution in [2.24, 2.45) is 0 Å². The van der Waals surface area contributed by atoms with Crippen LogP contribution in [0.25, 0.3) is 0 Å². The molecule has 0 saturated carbocycles. The van der Waals surface area contributed by atoms with Crippen molar-refractivity contribution in [1.82, 2.24) is 5.32 Å². The highest BCUT2D eigenvalue weighted by molar-refractivity contribution is 7.92. The van der Waals surface area contributed by atoms with Gasteiger partial charge in [-0.05, 0) is 38.0 Å². The highest BCUT2D eigenvalue weighted by Gasteiger charge is 2.30. The van der Waals surface area contributed by atoms with Crippen LogP contribution in [0.1, 0.15) is 38.7 Å². The summed E-state index contributed by atoms with van der Waals surface area (Å²) in [7, 11) is -3.73. The minimum Gasteiger partial charge on any atom is -0.399 e. The summed E-state index contributed by atoms with van der Waals surface area (Å²) in [6, 6.07) is 4.70. The number of aryl methyl sites for hydroxylation is 1. The molecule has 0 saturated heterocycles. The minimum atomic E-state index is -3.73. The van der Waals surface area contributed by atoms with Crippen LogP contribution < -0.4 is 11.1 Å². The molecule has 3 N–H and O–H groups in total. The molecule has 0 aliphatic rings. The number of anilines is 1. The van der Waals surface area contributed by atoms with Crippen LogP contribution in [0.5, 0.6) is 0 Å². The fourth-order valence-corrected chi connectivity index (χ4v) is 3.55. The number of nitrogen functional groups attached to an aromatic ring is 1. The van der Waals surface area contributed by atoms with Crippen molar-refractivity contribution >= 4 is 21.4 Å². The number of nitrogens with two attached hydrogens (primary N) is 1. The number of carbonyl (C=O) groups is 1. The van der Waals surface area contributed by atoms with Crippen LogP contribution in [0.3, 0.4) is 0 Å². The lowest BCUT2D eigenvalue weighted by Crippen LogP contribution is -2.38. The largest absolute Gasteiger partial charge is 0.399 e. The Hall–Kier alpha value is -1.56. The summed E-state index contributed by atoms with van der Waals surface area (Å²) < 4.78 is 25.0. The maximum Gasteiger partial charge on any atom is 0.238 e. The Kier molecular flexibility index (Phi) is 6.20. The second-order valence-electron chi connectivity index (χ2n) is 5.21. The van der Waals surface area contributed by atoms with E-state index >= 15 is 0 Å². The molecule has 0 aliphatic carbocycles. The smallest absolute Gasteiger partial charge is 0.238 e. The molecule has 0 fully saturated rings. The van der Waals surface area contributed by atoms with Crippen LogP contribution in [0.2, 0.25) is 0 Å². The lowest BCUT2D eigenvalue weighted by atomic mass is 10.2. The predicted molar refractivity (Wildman–Crippen MR) is 84.8 cm³/mol. The van der Waals surface area contributed by atoms with Crippen LogP contribution in [-0.4, -0.2) is 26.1 Å². The van der Waals surface area contributed by atoms with Crippen molar-refractivity contribution in [2.75, 3.05) is 12.3 Å². The standard InChI is InChI=1S/C15H24N2O3S/c1-4-5-6-9-17-15(18)12(3)21(19,20)14-10-13(16)8-7-11(14)2/h7-8,10,12H,4-6,9,16H2,1-3H3,(H,17,18). The zero-order valence-electron chi connectivity index (χ0n) is 12.8. The first-order valence-corrected chi connectivity index (χ1v) is 8.73. The van der Waals surface area contributed by atoms with E-state index in [1.54, 1.807) is 19.1 Å². The average molecular weight is 312 g/mol. The fourth-order valence-electron chi connectivity index (χ4n) is 1.98. The maximum atomic E-state index is 12.5. The van der Waals surface area contributed by atoms with Gasteiger partial charge in [-0.1, -0.05) is 25.8 Å². The summed E-state index contributed by atoms with van der Waals surface area (Å²) in [4.78, 5) is 12.1. The summed E-state index contributed by atoms with van der Waals surface area (Å²) >= 11 is 0. The van der Waals surface area contributed by atoms with Gasteiger partial charge in [-0.15, -0.1) is 0 Å². The molecule has 1 aromatic carbocycles. The Bertz CT molecular complexity index is 597. The Balaban J connectivity index is 2.86. The second kappa shape index (κ2) is 7.45. The van der Waals surface area contributed by atoms with Gasteiger partial charge in [0.2, 0.25) is 5.91 Å². The van der Waals surface area contributed by atoms with E-state index < -0.39 is 21.0 Å². The molecule has 0 aromatic heterocycles. The predicted octanol–water partition coefficient (Wildman–Crippen LogP) is 2.05. The van der Waals surface area contributed by atoms with E-state index in [-0.39, 0.29) is 4.90 Å². The molecular formula is C15H24N2O3S. The molecule has 1 aromatic rings. The van der Waals surface area contributed by atoms with E-state index in [9.17, 15) is 13.2 Å². The molecule has 1 rings (SSSR count). The highest BCUT2D eigenvalue weighted by atomic mass is 32.2. The third kappa shape index (κ3) is 4.46. The van der Waals surface area contributed by atoms with E-state index in [0.29, 0.717) is 17.8 Å². The maximum absolute atomic E-state index is 12.5. The number of nitrogens with one attached hydrogen (secondary N) is 1. The molecular weight excluding hydrogens is 288 g/mol. The number of sulfone groups is 1. The van der Waals surface area contributed by atoms with Crippen molar-refractivity contribution in [2.45, 2.75) is 50.2 Å². The fraction of sp³-hybridized carbons (Fsp3) is 0.533. The van der Waals surface area contributed by atoms with Gasteiger partial charge < -0.3 is 11.1 Å². The highest BCUT2D eigenvalue weighted by Crippen LogP contribution is 2.22. The van der Waals surface area contributed by atoms with Crippen LogP contribution in [-0.2, 0) is 14.6 Å². The Morgan fingerprint density at radius 1 is 1.33 bits per heavy atom. The van der Waals surface area contributed by atoms with Crippen molar-refractivity contribution < 1.29 is 13.2 Å². The van der Waals surface area contributed by atoms with E-state index in [4.69, 9.17) is 5.73 Å². The Morgan fingerprint density at radius 3 is 2.62 bits per heavy atom. The summed E-state index contributed by atoms with van der Waals surface area (Å²) in [6.07, 6.45) is 2.91. The van der Waals surface area contributed by atoms with Gasteiger partial charge in [-0.25, -0.2) is 8.42 Å². The molecule has 118 valence electrons. The normalized spacial score (nSPS) is 12.9. The first kappa shape index (κ1) is 17.5. The lowest BCUT2D eigenvalue weighted by Gasteiger charge is -2.15. The van der Waals surface area contributed by atoms with Gasteiger partial charge in [0.15, 0.2) is 9.84 Å². The number of amides is 1. The third-order valence-electron chi connectivity index (χ3n) is 3.43. The molecule has 1 unspecified atom stereocenters. The molecule has 21 heavy (non-hydrogen) atoms. The lowest BCUT2D eigenvalue weighted by molar-refractivity contribution is -0.120. The van der Waals surface area contributed by atoms with E-state index in [1.807, 2.05) is 0 Å². The molecule has 0 bridgehead atoms. The molecule has 0 aliphatic heterocycles. The van der Waals surface area contributed by atoms with Gasteiger partial charge in [-0.2, -0.15) is 0 Å². The summed E-state index contributed by atoms with van der Waals surface area (Å²) in [6.45, 7) is 5.67.